The summed E-state index contributed by atoms with van der Waals surface area (Å²) in [7, 11) is 0. The molecule has 0 atom stereocenters. The maximum absolute atomic E-state index is 5.68. The second-order valence-electron chi connectivity index (χ2n) is 6.34. The van der Waals surface area contributed by atoms with Gasteiger partial charge in [0.2, 0.25) is 5.82 Å². The highest BCUT2D eigenvalue weighted by Crippen LogP contribution is 2.33. The van der Waals surface area contributed by atoms with E-state index >= 15 is 0 Å². The maximum atomic E-state index is 5.68. The van der Waals surface area contributed by atoms with Crippen molar-refractivity contribution < 1.29 is 14.0 Å². The van der Waals surface area contributed by atoms with Crippen LogP contribution in [0.1, 0.15) is 39.2 Å². The van der Waals surface area contributed by atoms with Gasteiger partial charge in [-0.25, -0.2) is 0 Å². The van der Waals surface area contributed by atoms with E-state index in [4.69, 9.17) is 14.0 Å². The van der Waals surface area contributed by atoms with Crippen LogP contribution in [0.5, 0.6) is 11.5 Å². The summed E-state index contributed by atoms with van der Waals surface area (Å²) in [6.07, 6.45) is 0. The maximum Gasteiger partial charge on any atom is 0.258 e. The number of halogens is 1. The summed E-state index contributed by atoms with van der Waals surface area (Å²) in [5.41, 5.74) is 3.06. The van der Waals surface area contributed by atoms with Gasteiger partial charge in [-0.15, -0.1) is 0 Å². The van der Waals surface area contributed by atoms with Crippen LogP contribution in [0.2, 0.25) is 0 Å². The molecule has 0 spiro atoms. The highest BCUT2D eigenvalue weighted by molar-refractivity contribution is 14.1. The third-order valence-corrected chi connectivity index (χ3v) is 5.03. The molecule has 0 fully saturated rings. The average molecular weight is 478 g/mol. The molecule has 0 saturated heterocycles. The number of ether oxygens (including phenoxy) is 2. The molecule has 142 valence electrons. The first kappa shape index (κ1) is 19.7. The van der Waals surface area contributed by atoms with Gasteiger partial charge in [0.15, 0.2) is 11.5 Å². The first-order valence-corrected chi connectivity index (χ1v) is 10.1. The van der Waals surface area contributed by atoms with E-state index in [-0.39, 0.29) is 0 Å². The molecule has 0 aliphatic rings. The molecule has 0 aliphatic heterocycles. The van der Waals surface area contributed by atoms with Crippen molar-refractivity contribution in [2.24, 2.45) is 0 Å². The SMILES string of the molecule is CCOc1ccc(-c2nc(-c3ccc(C(C)C)c(I)c3)no2)cc1OCC. The quantitative estimate of drug-likeness (QED) is 0.394. The minimum Gasteiger partial charge on any atom is -0.490 e. The average Bonchev–Trinajstić information content (AvgIpc) is 3.13. The van der Waals surface area contributed by atoms with Crippen molar-refractivity contribution in [1.29, 1.82) is 0 Å². The van der Waals surface area contributed by atoms with Crippen LogP contribution >= 0.6 is 22.6 Å². The van der Waals surface area contributed by atoms with Gasteiger partial charge in [-0.2, -0.15) is 4.98 Å². The molecule has 0 saturated carbocycles. The Morgan fingerprint density at radius 1 is 0.963 bits per heavy atom. The van der Waals surface area contributed by atoms with Crippen molar-refractivity contribution in [3.63, 3.8) is 0 Å². The third kappa shape index (κ3) is 4.43. The molecular formula is C21H23IN2O3. The molecule has 0 radical (unpaired) electrons. The Bertz CT molecular complexity index is 922. The van der Waals surface area contributed by atoms with Gasteiger partial charge < -0.3 is 14.0 Å². The predicted molar refractivity (Wildman–Crippen MR) is 114 cm³/mol. The lowest BCUT2D eigenvalue weighted by atomic mass is 10.0. The number of aromatic nitrogens is 2. The molecule has 0 amide bonds. The molecule has 0 aliphatic carbocycles. The van der Waals surface area contributed by atoms with Crippen LogP contribution < -0.4 is 9.47 Å². The molecule has 27 heavy (non-hydrogen) atoms. The van der Waals surface area contributed by atoms with E-state index in [0.29, 0.717) is 42.3 Å². The summed E-state index contributed by atoms with van der Waals surface area (Å²) in [6.45, 7) is 9.39. The Kier molecular flexibility index (Phi) is 6.36. The molecule has 0 N–H and O–H groups in total. The van der Waals surface area contributed by atoms with Crippen LogP contribution in [0.4, 0.5) is 0 Å². The van der Waals surface area contributed by atoms with Crippen molar-refractivity contribution in [3.8, 4) is 34.3 Å². The van der Waals surface area contributed by atoms with Gasteiger partial charge in [0.25, 0.3) is 5.89 Å². The molecule has 1 heterocycles. The summed E-state index contributed by atoms with van der Waals surface area (Å²) in [5.74, 6) is 2.89. The van der Waals surface area contributed by atoms with Gasteiger partial charge in [-0.05, 0) is 72.2 Å². The van der Waals surface area contributed by atoms with Crippen molar-refractivity contribution in [1.82, 2.24) is 10.1 Å². The molecule has 3 aromatic rings. The van der Waals surface area contributed by atoms with Crippen molar-refractivity contribution in [3.05, 3.63) is 45.5 Å². The lowest BCUT2D eigenvalue weighted by Gasteiger charge is -2.11. The molecule has 5 nitrogen and oxygen atoms in total. The highest BCUT2D eigenvalue weighted by atomic mass is 127. The van der Waals surface area contributed by atoms with Crippen molar-refractivity contribution in [2.45, 2.75) is 33.6 Å². The topological polar surface area (TPSA) is 57.4 Å². The fourth-order valence-electron chi connectivity index (χ4n) is 2.78. The van der Waals surface area contributed by atoms with E-state index in [1.807, 2.05) is 38.1 Å². The Balaban J connectivity index is 1.91. The Labute approximate surface area is 173 Å². The molecule has 1 aromatic heterocycles. The zero-order chi connectivity index (χ0) is 19.4. The van der Waals surface area contributed by atoms with Crippen LogP contribution in [0.15, 0.2) is 40.9 Å². The van der Waals surface area contributed by atoms with Crippen LogP contribution in [-0.4, -0.2) is 23.4 Å². The van der Waals surface area contributed by atoms with E-state index in [2.05, 4.69) is 58.7 Å². The lowest BCUT2D eigenvalue weighted by Crippen LogP contribution is -1.98. The first-order chi connectivity index (χ1) is 13.0. The van der Waals surface area contributed by atoms with E-state index in [9.17, 15) is 0 Å². The van der Waals surface area contributed by atoms with Gasteiger partial charge in [0, 0.05) is 14.7 Å². The normalized spacial score (nSPS) is 11.0. The number of benzene rings is 2. The standard InChI is InChI=1S/C21H23IN2O3/c1-5-25-18-10-8-15(12-19(18)26-6-2)21-23-20(24-27-21)14-7-9-16(13(3)4)17(22)11-14/h7-13H,5-6H2,1-4H3. The van der Waals surface area contributed by atoms with E-state index in [1.165, 1.54) is 9.13 Å². The van der Waals surface area contributed by atoms with Crippen molar-refractivity contribution >= 4 is 22.6 Å². The number of nitrogens with zero attached hydrogens (tertiary/aromatic N) is 2. The van der Waals surface area contributed by atoms with Gasteiger partial charge >= 0.3 is 0 Å². The minimum atomic E-state index is 0.456. The lowest BCUT2D eigenvalue weighted by molar-refractivity contribution is 0.288. The van der Waals surface area contributed by atoms with Gasteiger partial charge in [-0.3, -0.25) is 0 Å². The summed E-state index contributed by atoms with van der Waals surface area (Å²) >= 11 is 2.35. The summed E-state index contributed by atoms with van der Waals surface area (Å²) in [6, 6.07) is 11.9. The van der Waals surface area contributed by atoms with E-state index < -0.39 is 0 Å². The Morgan fingerprint density at radius 3 is 2.33 bits per heavy atom. The number of hydrogen-bond donors (Lipinski definition) is 0. The number of rotatable bonds is 7. The van der Waals surface area contributed by atoms with E-state index in [0.717, 1.165) is 11.1 Å². The summed E-state index contributed by atoms with van der Waals surface area (Å²) in [5, 5.41) is 4.15. The largest absolute Gasteiger partial charge is 0.490 e. The summed E-state index contributed by atoms with van der Waals surface area (Å²) in [4.78, 5) is 4.57. The third-order valence-electron chi connectivity index (χ3n) is 4.10. The Hall–Kier alpha value is -2.09. The van der Waals surface area contributed by atoms with Crippen LogP contribution in [-0.2, 0) is 0 Å². The molecule has 0 unspecified atom stereocenters. The number of hydrogen-bond acceptors (Lipinski definition) is 5. The Morgan fingerprint density at radius 2 is 1.67 bits per heavy atom. The smallest absolute Gasteiger partial charge is 0.258 e. The predicted octanol–water partition coefficient (Wildman–Crippen LogP) is 5.93. The molecule has 0 bridgehead atoms. The van der Waals surface area contributed by atoms with Gasteiger partial charge in [0.05, 0.1) is 13.2 Å². The molecular weight excluding hydrogens is 455 g/mol. The monoisotopic (exact) mass is 478 g/mol. The van der Waals surface area contributed by atoms with Crippen molar-refractivity contribution in [2.75, 3.05) is 13.2 Å². The minimum absolute atomic E-state index is 0.456. The zero-order valence-electron chi connectivity index (χ0n) is 16.0. The molecule has 2 aromatic carbocycles. The zero-order valence-corrected chi connectivity index (χ0v) is 18.1. The fraction of sp³-hybridized carbons (Fsp3) is 0.333. The van der Waals surface area contributed by atoms with E-state index in [1.54, 1.807) is 0 Å². The molecule has 6 heteroatoms. The highest BCUT2D eigenvalue weighted by Gasteiger charge is 2.15. The van der Waals surface area contributed by atoms with Gasteiger partial charge in [0.1, 0.15) is 0 Å². The first-order valence-electron chi connectivity index (χ1n) is 9.07. The fourth-order valence-corrected chi connectivity index (χ4v) is 3.91. The van der Waals surface area contributed by atoms with Crippen LogP contribution in [0.3, 0.4) is 0 Å². The second-order valence-corrected chi connectivity index (χ2v) is 7.50. The van der Waals surface area contributed by atoms with Crippen LogP contribution in [0.25, 0.3) is 22.8 Å². The summed E-state index contributed by atoms with van der Waals surface area (Å²) < 4.78 is 18.0. The van der Waals surface area contributed by atoms with Crippen LogP contribution in [0, 0.1) is 3.57 Å². The second kappa shape index (κ2) is 8.73. The molecule has 3 rings (SSSR count). The van der Waals surface area contributed by atoms with Gasteiger partial charge in [-0.1, -0.05) is 31.1 Å².